The molecule has 1 heterocycles. The lowest BCUT2D eigenvalue weighted by atomic mass is 10.1. The summed E-state index contributed by atoms with van der Waals surface area (Å²) in [6, 6.07) is 14.9. The first kappa shape index (κ1) is 20.6. The molecule has 2 aromatic carbocycles. The second kappa shape index (κ2) is 8.94. The van der Waals surface area contributed by atoms with E-state index in [9.17, 15) is 13.2 Å². The second-order valence-corrected chi connectivity index (χ2v) is 6.66. The molecule has 0 amide bonds. The molecule has 3 rings (SSSR count). The first-order valence-electron chi connectivity index (χ1n) is 9.55. The SMILES string of the molecule is CCCc1ccccc1Nc1nc(Nc2ccc(CC)cc2)ncc1C(F)(F)F. The van der Waals surface area contributed by atoms with Crippen LogP contribution in [0.1, 0.15) is 37.0 Å². The van der Waals surface area contributed by atoms with E-state index < -0.39 is 11.7 Å². The van der Waals surface area contributed by atoms with E-state index in [0.717, 1.165) is 31.0 Å². The summed E-state index contributed by atoms with van der Waals surface area (Å²) in [6.45, 7) is 4.07. The molecule has 0 aliphatic heterocycles. The number of hydrogen-bond donors (Lipinski definition) is 2. The van der Waals surface area contributed by atoms with E-state index in [1.807, 2.05) is 43.3 Å². The maximum Gasteiger partial charge on any atom is 0.421 e. The van der Waals surface area contributed by atoms with Crippen LogP contribution in [0.5, 0.6) is 0 Å². The van der Waals surface area contributed by atoms with Crippen LogP contribution in [0.4, 0.5) is 36.3 Å². The Morgan fingerprint density at radius 3 is 2.31 bits per heavy atom. The first-order valence-corrected chi connectivity index (χ1v) is 9.55. The normalized spacial score (nSPS) is 11.3. The Morgan fingerprint density at radius 2 is 1.66 bits per heavy atom. The lowest BCUT2D eigenvalue weighted by Crippen LogP contribution is -2.13. The number of benzene rings is 2. The third-order valence-corrected chi connectivity index (χ3v) is 4.50. The summed E-state index contributed by atoms with van der Waals surface area (Å²) in [6.07, 6.45) is -1.22. The van der Waals surface area contributed by atoms with Gasteiger partial charge in [-0.15, -0.1) is 0 Å². The Kier molecular flexibility index (Phi) is 6.36. The predicted molar refractivity (Wildman–Crippen MR) is 110 cm³/mol. The van der Waals surface area contributed by atoms with Crippen LogP contribution in [-0.4, -0.2) is 9.97 Å². The van der Waals surface area contributed by atoms with Gasteiger partial charge in [-0.3, -0.25) is 0 Å². The highest BCUT2D eigenvalue weighted by molar-refractivity contribution is 5.65. The van der Waals surface area contributed by atoms with Crippen molar-refractivity contribution in [2.24, 2.45) is 0 Å². The summed E-state index contributed by atoms with van der Waals surface area (Å²) >= 11 is 0. The van der Waals surface area contributed by atoms with Crippen molar-refractivity contribution >= 4 is 23.1 Å². The Labute approximate surface area is 168 Å². The number of hydrogen-bond acceptors (Lipinski definition) is 4. The van der Waals surface area contributed by atoms with Gasteiger partial charge >= 0.3 is 6.18 Å². The standard InChI is InChI=1S/C22H23F3N4/c1-3-7-16-8-5-6-9-19(16)28-20-18(22(23,24)25)14-26-21(29-20)27-17-12-10-15(4-2)11-13-17/h5-6,8-14H,3-4,7H2,1-2H3,(H2,26,27,28,29). The fourth-order valence-corrected chi connectivity index (χ4v) is 2.95. The quantitative estimate of drug-likeness (QED) is 0.475. The van der Waals surface area contributed by atoms with Crippen molar-refractivity contribution in [1.29, 1.82) is 0 Å². The molecule has 0 unspecified atom stereocenters. The molecule has 1 aromatic heterocycles. The summed E-state index contributed by atoms with van der Waals surface area (Å²) in [5.74, 6) is -0.179. The fraction of sp³-hybridized carbons (Fsp3) is 0.273. The summed E-state index contributed by atoms with van der Waals surface area (Å²) in [4.78, 5) is 7.98. The van der Waals surface area contributed by atoms with Crippen molar-refractivity contribution < 1.29 is 13.2 Å². The number of rotatable bonds is 7. The zero-order valence-electron chi connectivity index (χ0n) is 16.3. The molecule has 0 atom stereocenters. The van der Waals surface area contributed by atoms with Gasteiger partial charge in [0.05, 0.1) is 0 Å². The van der Waals surface area contributed by atoms with Crippen molar-refractivity contribution in [3.05, 3.63) is 71.4 Å². The smallest absolute Gasteiger partial charge is 0.339 e. The van der Waals surface area contributed by atoms with E-state index in [2.05, 4.69) is 27.5 Å². The minimum atomic E-state index is -4.57. The Balaban J connectivity index is 1.94. The van der Waals surface area contributed by atoms with Crippen LogP contribution in [0.2, 0.25) is 0 Å². The molecular weight excluding hydrogens is 377 g/mol. The van der Waals surface area contributed by atoms with Crippen molar-refractivity contribution in [1.82, 2.24) is 9.97 Å². The van der Waals surface area contributed by atoms with Crippen molar-refractivity contribution in [3.63, 3.8) is 0 Å². The largest absolute Gasteiger partial charge is 0.421 e. The fourth-order valence-electron chi connectivity index (χ4n) is 2.95. The highest BCUT2D eigenvalue weighted by Gasteiger charge is 2.35. The summed E-state index contributed by atoms with van der Waals surface area (Å²) < 4.78 is 40.5. The Hall–Kier alpha value is -3.09. The second-order valence-electron chi connectivity index (χ2n) is 6.66. The van der Waals surface area contributed by atoms with Crippen LogP contribution in [0, 0.1) is 0 Å². The third kappa shape index (κ3) is 5.25. The lowest BCUT2D eigenvalue weighted by molar-refractivity contribution is -0.137. The highest BCUT2D eigenvalue weighted by Crippen LogP contribution is 2.36. The molecule has 2 N–H and O–H groups in total. The van der Waals surface area contributed by atoms with Crippen LogP contribution < -0.4 is 10.6 Å². The number of aromatic nitrogens is 2. The van der Waals surface area contributed by atoms with Gasteiger partial charge in [-0.1, -0.05) is 50.6 Å². The summed E-state index contributed by atoms with van der Waals surface area (Å²) in [5, 5.41) is 5.84. The van der Waals surface area contributed by atoms with Crippen LogP contribution in [0.3, 0.4) is 0 Å². The van der Waals surface area contributed by atoms with E-state index in [1.165, 1.54) is 5.56 Å². The van der Waals surface area contributed by atoms with Gasteiger partial charge in [0.15, 0.2) is 0 Å². The van der Waals surface area contributed by atoms with Gasteiger partial charge in [-0.2, -0.15) is 18.2 Å². The summed E-state index contributed by atoms with van der Waals surface area (Å²) in [7, 11) is 0. The van der Waals surface area contributed by atoms with E-state index >= 15 is 0 Å². The van der Waals surface area contributed by atoms with Gasteiger partial charge in [0, 0.05) is 17.6 Å². The van der Waals surface area contributed by atoms with E-state index in [1.54, 1.807) is 12.1 Å². The van der Waals surface area contributed by atoms with E-state index in [4.69, 9.17) is 0 Å². The molecule has 29 heavy (non-hydrogen) atoms. The van der Waals surface area contributed by atoms with Gasteiger partial charge < -0.3 is 10.6 Å². The van der Waals surface area contributed by atoms with Crippen molar-refractivity contribution in [2.75, 3.05) is 10.6 Å². The molecule has 4 nitrogen and oxygen atoms in total. The number of aryl methyl sites for hydroxylation is 2. The highest BCUT2D eigenvalue weighted by atomic mass is 19.4. The zero-order chi connectivity index (χ0) is 20.9. The number of nitrogens with one attached hydrogen (secondary N) is 2. The van der Waals surface area contributed by atoms with E-state index in [0.29, 0.717) is 11.4 Å². The number of nitrogens with zero attached hydrogens (tertiary/aromatic N) is 2. The monoisotopic (exact) mass is 400 g/mol. The third-order valence-electron chi connectivity index (χ3n) is 4.50. The molecule has 7 heteroatoms. The van der Waals surface area contributed by atoms with E-state index in [-0.39, 0.29) is 11.8 Å². The molecule has 0 saturated carbocycles. The minimum Gasteiger partial charge on any atom is -0.339 e. The van der Waals surface area contributed by atoms with Gasteiger partial charge in [0.1, 0.15) is 11.4 Å². The molecule has 0 fully saturated rings. The molecule has 3 aromatic rings. The first-order chi connectivity index (χ1) is 13.9. The Bertz CT molecular complexity index is 953. The number of anilines is 4. The number of halogens is 3. The van der Waals surface area contributed by atoms with Crippen LogP contribution >= 0.6 is 0 Å². The van der Waals surface area contributed by atoms with Gasteiger partial charge in [-0.05, 0) is 42.2 Å². The van der Waals surface area contributed by atoms with Crippen molar-refractivity contribution in [2.45, 2.75) is 39.3 Å². The Morgan fingerprint density at radius 1 is 0.931 bits per heavy atom. The molecule has 0 saturated heterocycles. The number of para-hydroxylation sites is 1. The summed E-state index contributed by atoms with van der Waals surface area (Å²) in [5.41, 5.74) is 2.51. The lowest BCUT2D eigenvalue weighted by Gasteiger charge is -2.16. The van der Waals surface area contributed by atoms with Gasteiger partial charge in [-0.25, -0.2) is 4.98 Å². The molecule has 0 aliphatic carbocycles. The van der Waals surface area contributed by atoms with Crippen LogP contribution in [0.15, 0.2) is 54.7 Å². The average Bonchev–Trinajstić information content (AvgIpc) is 2.69. The van der Waals surface area contributed by atoms with Gasteiger partial charge in [0.25, 0.3) is 0 Å². The van der Waals surface area contributed by atoms with Crippen molar-refractivity contribution in [3.8, 4) is 0 Å². The molecule has 0 bridgehead atoms. The topological polar surface area (TPSA) is 49.8 Å². The molecule has 0 spiro atoms. The molecule has 152 valence electrons. The maximum absolute atomic E-state index is 13.5. The maximum atomic E-state index is 13.5. The number of alkyl halides is 3. The van der Waals surface area contributed by atoms with Crippen LogP contribution in [-0.2, 0) is 19.0 Å². The zero-order valence-corrected chi connectivity index (χ0v) is 16.3. The van der Waals surface area contributed by atoms with Crippen LogP contribution in [0.25, 0.3) is 0 Å². The molecular formula is C22H23F3N4. The average molecular weight is 400 g/mol. The minimum absolute atomic E-state index is 0.0951. The molecule has 0 aliphatic rings. The van der Waals surface area contributed by atoms with Gasteiger partial charge in [0.2, 0.25) is 5.95 Å². The molecule has 0 radical (unpaired) electrons. The predicted octanol–water partition coefficient (Wildman–Crippen LogP) is 6.50.